The lowest BCUT2D eigenvalue weighted by Crippen LogP contribution is -2.35. The van der Waals surface area contributed by atoms with Gasteiger partial charge in [-0.2, -0.15) is 14.5 Å². The number of nitrogens with one attached hydrogen (secondary N) is 1. The number of piperidine rings is 1. The van der Waals surface area contributed by atoms with Gasteiger partial charge in [0.05, 0.1) is 11.9 Å². The summed E-state index contributed by atoms with van der Waals surface area (Å²) in [7, 11) is -3.51. The van der Waals surface area contributed by atoms with E-state index in [0.29, 0.717) is 18.9 Å². The van der Waals surface area contributed by atoms with E-state index in [0.717, 1.165) is 41.8 Å². The molecule has 0 aliphatic carbocycles. The molecule has 0 unspecified atom stereocenters. The number of hydrazone groups is 1. The minimum atomic E-state index is -3.51. The molecule has 1 aliphatic rings. The van der Waals surface area contributed by atoms with Crippen LogP contribution in [0.1, 0.15) is 24.8 Å². The second kappa shape index (κ2) is 10.2. The van der Waals surface area contributed by atoms with Gasteiger partial charge in [0.2, 0.25) is 10.0 Å². The van der Waals surface area contributed by atoms with Crippen molar-refractivity contribution in [3.63, 3.8) is 0 Å². The van der Waals surface area contributed by atoms with Crippen molar-refractivity contribution in [2.24, 2.45) is 5.10 Å². The Morgan fingerprint density at radius 3 is 2.49 bits per heavy atom. The molecule has 0 bridgehead atoms. The van der Waals surface area contributed by atoms with E-state index in [4.69, 9.17) is 5.10 Å². The molecule has 0 atom stereocenters. The van der Waals surface area contributed by atoms with Crippen LogP contribution in [0.15, 0.2) is 89.4 Å². The maximum Gasteiger partial charge on any atom is 0.244 e. The van der Waals surface area contributed by atoms with Crippen LogP contribution in [0.5, 0.6) is 0 Å². The van der Waals surface area contributed by atoms with Gasteiger partial charge in [-0.25, -0.2) is 18.1 Å². The Labute approximate surface area is 204 Å². The molecule has 178 valence electrons. The number of para-hydroxylation sites is 1. The van der Waals surface area contributed by atoms with Crippen molar-refractivity contribution < 1.29 is 8.42 Å². The van der Waals surface area contributed by atoms with Crippen LogP contribution in [0, 0.1) is 0 Å². The number of hydrogen-bond donors (Lipinski definition) is 1. The topological polar surface area (TPSA) is 105 Å². The first kappa shape index (κ1) is 22.9. The van der Waals surface area contributed by atoms with E-state index in [1.54, 1.807) is 35.4 Å². The second-order valence-electron chi connectivity index (χ2n) is 8.17. The van der Waals surface area contributed by atoms with Crippen molar-refractivity contribution in [2.45, 2.75) is 24.2 Å². The zero-order chi connectivity index (χ0) is 24.1. The summed E-state index contributed by atoms with van der Waals surface area (Å²) in [6, 6.07) is 16.8. The molecule has 0 amide bonds. The van der Waals surface area contributed by atoms with Gasteiger partial charge in [-0.05, 0) is 49.2 Å². The summed E-state index contributed by atoms with van der Waals surface area (Å²) in [5.41, 5.74) is 6.20. The first-order chi connectivity index (χ1) is 17.1. The lowest BCUT2D eigenvalue weighted by Gasteiger charge is -2.25. The Balaban J connectivity index is 1.35. The van der Waals surface area contributed by atoms with Gasteiger partial charge in [-0.15, -0.1) is 0 Å². The molecule has 10 heteroatoms. The lowest BCUT2D eigenvalue weighted by atomic mass is 10.1. The van der Waals surface area contributed by atoms with Gasteiger partial charge in [0.25, 0.3) is 0 Å². The Morgan fingerprint density at radius 2 is 1.77 bits per heavy atom. The molecule has 1 aromatic carbocycles. The van der Waals surface area contributed by atoms with Gasteiger partial charge in [0, 0.05) is 49.0 Å². The fraction of sp³-hybridized carbons (Fsp3) is 0.200. The summed E-state index contributed by atoms with van der Waals surface area (Å²) in [5, 5.41) is 9.05. The molecule has 1 fully saturated rings. The van der Waals surface area contributed by atoms with E-state index in [1.165, 1.54) is 10.5 Å². The third kappa shape index (κ3) is 5.13. The SMILES string of the molecule is O=S(=O)(c1ccc(N/N=C/c2cn(-c3ccccc3)nc2-c2cccnc2)nc1)N1CCCCC1. The number of benzene rings is 1. The van der Waals surface area contributed by atoms with E-state index >= 15 is 0 Å². The van der Waals surface area contributed by atoms with E-state index < -0.39 is 10.0 Å². The van der Waals surface area contributed by atoms with Crippen LogP contribution in [-0.2, 0) is 10.0 Å². The van der Waals surface area contributed by atoms with Crippen LogP contribution in [-0.4, -0.2) is 51.8 Å². The zero-order valence-electron chi connectivity index (χ0n) is 19.0. The van der Waals surface area contributed by atoms with Gasteiger partial charge in [-0.1, -0.05) is 24.6 Å². The van der Waals surface area contributed by atoms with Gasteiger partial charge >= 0.3 is 0 Å². The van der Waals surface area contributed by atoms with Crippen molar-refractivity contribution in [1.82, 2.24) is 24.1 Å². The summed E-state index contributed by atoms with van der Waals surface area (Å²) in [6.07, 6.45) is 11.2. The van der Waals surface area contributed by atoms with E-state index in [2.05, 4.69) is 20.5 Å². The van der Waals surface area contributed by atoms with Gasteiger partial charge < -0.3 is 0 Å². The van der Waals surface area contributed by atoms with Crippen LogP contribution < -0.4 is 5.43 Å². The Kier molecular flexibility index (Phi) is 6.64. The summed E-state index contributed by atoms with van der Waals surface area (Å²) < 4.78 is 28.9. The third-order valence-corrected chi connectivity index (χ3v) is 7.65. The molecule has 9 nitrogen and oxygen atoms in total. The fourth-order valence-corrected chi connectivity index (χ4v) is 5.41. The first-order valence-electron chi connectivity index (χ1n) is 11.4. The highest BCUT2D eigenvalue weighted by molar-refractivity contribution is 7.89. The molecular formula is C25H25N7O2S. The molecule has 35 heavy (non-hydrogen) atoms. The Hall–Kier alpha value is -3.89. The van der Waals surface area contributed by atoms with Gasteiger partial charge in [0.1, 0.15) is 16.4 Å². The number of anilines is 1. The van der Waals surface area contributed by atoms with Crippen LogP contribution >= 0.6 is 0 Å². The van der Waals surface area contributed by atoms with Crippen molar-refractivity contribution in [3.05, 3.63) is 84.9 Å². The maximum absolute atomic E-state index is 12.8. The third-order valence-electron chi connectivity index (χ3n) is 5.77. The van der Waals surface area contributed by atoms with Crippen molar-refractivity contribution >= 4 is 22.1 Å². The molecule has 5 rings (SSSR count). The van der Waals surface area contributed by atoms with E-state index in [9.17, 15) is 8.42 Å². The monoisotopic (exact) mass is 487 g/mol. The maximum atomic E-state index is 12.8. The summed E-state index contributed by atoms with van der Waals surface area (Å²) in [6.45, 7) is 1.12. The normalized spacial score (nSPS) is 14.9. The molecule has 0 spiro atoms. The Bertz CT molecular complexity index is 1400. The quantitative estimate of drug-likeness (QED) is 0.313. The fourth-order valence-electron chi connectivity index (χ4n) is 3.94. The molecule has 4 heterocycles. The van der Waals surface area contributed by atoms with E-state index in [-0.39, 0.29) is 4.90 Å². The van der Waals surface area contributed by atoms with Crippen molar-refractivity contribution in [3.8, 4) is 16.9 Å². The average molecular weight is 488 g/mol. The molecular weight excluding hydrogens is 462 g/mol. The van der Waals surface area contributed by atoms with Gasteiger partial charge in [-0.3, -0.25) is 10.4 Å². The second-order valence-corrected chi connectivity index (χ2v) is 10.1. The van der Waals surface area contributed by atoms with Crippen molar-refractivity contribution in [2.75, 3.05) is 18.5 Å². The molecule has 0 radical (unpaired) electrons. The van der Waals surface area contributed by atoms with Crippen LogP contribution in [0.4, 0.5) is 5.82 Å². The zero-order valence-corrected chi connectivity index (χ0v) is 19.8. The minimum Gasteiger partial charge on any atom is -0.264 e. The van der Waals surface area contributed by atoms with Crippen LogP contribution in [0.3, 0.4) is 0 Å². The molecule has 1 N–H and O–H groups in total. The van der Waals surface area contributed by atoms with E-state index in [1.807, 2.05) is 48.7 Å². The number of sulfonamides is 1. The number of pyridine rings is 2. The Morgan fingerprint density at radius 1 is 0.943 bits per heavy atom. The summed E-state index contributed by atoms with van der Waals surface area (Å²) in [4.78, 5) is 8.64. The number of hydrogen-bond acceptors (Lipinski definition) is 7. The highest BCUT2D eigenvalue weighted by Crippen LogP contribution is 2.23. The first-order valence-corrected chi connectivity index (χ1v) is 12.9. The molecule has 3 aromatic heterocycles. The predicted octanol–water partition coefficient (Wildman–Crippen LogP) is 3.95. The highest BCUT2D eigenvalue weighted by Gasteiger charge is 2.26. The summed E-state index contributed by atoms with van der Waals surface area (Å²) in [5.74, 6) is 0.442. The number of nitrogens with zero attached hydrogens (tertiary/aromatic N) is 6. The number of rotatable bonds is 7. The van der Waals surface area contributed by atoms with Crippen LogP contribution in [0.25, 0.3) is 16.9 Å². The molecule has 1 saturated heterocycles. The highest BCUT2D eigenvalue weighted by atomic mass is 32.2. The molecule has 4 aromatic rings. The lowest BCUT2D eigenvalue weighted by molar-refractivity contribution is 0.346. The average Bonchev–Trinajstić information content (AvgIpc) is 3.35. The summed E-state index contributed by atoms with van der Waals surface area (Å²) >= 11 is 0. The largest absolute Gasteiger partial charge is 0.264 e. The van der Waals surface area contributed by atoms with Crippen molar-refractivity contribution in [1.29, 1.82) is 0 Å². The van der Waals surface area contributed by atoms with Crippen LogP contribution in [0.2, 0.25) is 0 Å². The standard InChI is InChI=1S/C25H25N7O2S/c33-35(34,31-14-5-2-6-15-31)23-11-12-24(27-18-23)29-28-17-21-19-32(22-9-3-1-4-10-22)30-25(21)20-8-7-13-26-16-20/h1,3-4,7-13,16-19H,2,5-6,14-15H2,(H,27,29)/b28-17+. The number of aromatic nitrogens is 4. The molecule has 0 saturated carbocycles. The minimum absolute atomic E-state index is 0.192. The van der Waals surface area contributed by atoms with Gasteiger partial charge in [0.15, 0.2) is 0 Å². The smallest absolute Gasteiger partial charge is 0.244 e. The predicted molar refractivity (Wildman–Crippen MR) is 135 cm³/mol. The molecule has 1 aliphatic heterocycles.